The van der Waals surface area contributed by atoms with Crippen molar-refractivity contribution in [2.75, 3.05) is 5.32 Å². The molecular formula is C19H25N. The smallest absolute Gasteiger partial charge is 0.0443 e. The third kappa shape index (κ3) is 3.22. The minimum atomic E-state index is 0.192. The molecule has 1 heteroatoms. The Hall–Kier alpha value is -1.76. The first-order valence-corrected chi connectivity index (χ1v) is 7.23. The second kappa shape index (κ2) is 5.32. The second-order valence-electron chi connectivity index (χ2n) is 6.73. The van der Waals surface area contributed by atoms with Gasteiger partial charge >= 0.3 is 0 Å². The summed E-state index contributed by atoms with van der Waals surface area (Å²) >= 11 is 0. The van der Waals surface area contributed by atoms with Gasteiger partial charge in [0.1, 0.15) is 0 Å². The van der Waals surface area contributed by atoms with Crippen LogP contribution in [0.3, 0.4) is 0 Å². The molecule has 0 saturated heterocycles. The highest BCUT2D eigenvalue weighted by atomic mass is 14.9. The number of nitrogens with one attached hydrogen (secondary N) is 1. The summed E-state index contributed by atoms with van der Waals surface area (Å²) in [5.41, 5.74) is 7.84. The van der Waals surface area contributed by atoms with Crippen molar-refractivity contribution in [3.63, 3.8) is 0 Å². The molecule has 2 rings (SSSR count). The van der Waals surface area contributed by atoms with Crippen molar-refractivity contribution in [1.82, 2.24) is 0 Å². The van der Waals surface area contributed by atoms with Gasteiger partial charge in [-0.1, -0.05) is 50.6 Å². The summed E-state index contributed by atoms with van der Waals surface area (Å²) in [7, 11) is 0. The van der Waals surface area contributed by atoms with E-state index in [0.29, 0.717) is 0 Å². The Morgan fingerprint density at radius 2 is 1.30 bits per heavy atom. The summed E-state index contributed by atoms with van der Waals surface area (Å²) in [4.78, 5) is 0. The van der Waals surface area contributed by atoms with Crippen molar-refractivity contribution in [2.24, 2.45) is 0 Å². The standard InChI is InChI=1S/C19H25N/c1-13-7-9-17(10-8-13)20-18-14(2)11-16(12-15(18)3)19(4,5)6/h7-12,20H,1-6H3. The van der Waals surface area contributed by atoms with Gasteiger partial charge in [-0.25, -0.2) is 0 Å². The average molecular weight is 267 g/mol. The van der Waals surface area contributed by atoms with Crippen LogP contribution in [-0.4, -0.2) is 0 Å². The number of hydrogen-bond acceptors (Lipinski definition) is 1. The van der Waals surface area contributed by atoms with Crippen LogP contribution in [0.2, 0.25) is 0 Å². The third-order valence-electron chi connectivity index (χ3n) is 3.72. The fraction of sp³-hybridized carbons (Fsp3) is 0.368. The van der Waals surface area contributed by atoms with E-state index in [4.69, 9.17) is 0 Å². The van der Waals surface area contributed by atoms with Crippen molar-refractivity contribution in [2.45, 2.75) is 47.0 Å². The molecule has 2 aromatic carbocycles. The van der Waals surface area contributed by atoms with Gasteiger partial charge in [-0.2, -0.15) is 0 Å². The zero-order chi connectivity index (χ0) is 14.9. The van der Waals surface area contributed by atoms with Gasteiger partial charge in [0.2, 0.25) is 0 Å². The van der Waals surface area contributed by atoms with Crippen molar-refractivity contribution >= 4 is 11.4 Å². The normalized spacial score (nSPS) is 11.5. The first-order valence-electron chi connectivity index (χ1n) is 7.23. The summed E-state index contributed by atoms with van der Waals surface area (Å²) in [5, 5.41) is 3.55. The maximum absolute atomic E-state index is 3.55. The highest BCUT2D eigenvalue weighted by Gasteiger charge is 2.16. The molecule has 0 aliphatic rings. The monoisotopic (exact) mass is 267 g/mol. The molecule has 1 N–H and O–H groups in total. The number of benzene rings is 2. The molecule has 0 heterocycles. The summed E-state index contributed by atoms with van der Waals surface area (Å²) in [5.74, 6) is 0. The summed E-state index contributed by atoms with van der Waals surface area (Å²) in [6, 6.07) is 13.1. The molecule has 0 aromatic heterocycles. The second-order valence-corrected chi connectivity index (χ2v) is 6.73. The molecular weight excluding hydrogens is 242 g/mol. The first kappa shape index (κ1) is 14.6. The van der Waals surface area contributed by atoms with E-state index in [1.807, 2.05) is 0 Å². The van der Waals surface area contributed by atoms with Crippen molar-refractivity contribution in [1.29, 1.82) is 0 Å². The molecule has 0 saturated carbocycles. The van der Waals surface area contributed by atoms with Crippen LogP contribution < -0.4 is 5.32 Å². The molecule has 0 bridgehead atoms. The van der Waals surface area contributed by atoms with E-state index in [-0.39, 0.29) is 5.41 Å². The van der Waals surface area contributed by atoms with E-state index in [9.17, 15) is 0 Å². The van der Waals surface area contributed by atoms with Crippen LogP contribution in [0.1, 0.15) is 43.0 Å². The highest BCUT2D eigenvalue weighted by molar-refractivity contribution is 5.67. The molecule has 0 radical (unpaired) electrons. The van der Waals surface area contributed by atoms with Crippen LogP contribution in [0, 0.1) is 20.8 Å². The summed E-state index contributed by atoms with van der Waals surface area (Å²) in [6.07, 6.45) is 0. The van der Waals surface area contributed by atoms with E-state index in [1.54, 1.807) is 0 Å². The zero-order valence-electron chi connectivity index (χ0n) is 13.5. The van der Waals surface area contributed by atoms with E-state index in [1.165, 1.54) is 27.9 Å². The Morgan fingerprint density at radius 1 is 0.800 bits per heavy atom. The molecule has 0 aliphatic carbocycles. The SMILES string of the molecule is Cc1ccc(Nc2c(C)cc(C(C)(C)C)cc2C)cc1. The average Bonchev–Trinajstić information content (AvgIpc) is 2.34. The lowest BCUT2D eigenvalue weighted by Gasteiger charge is -2.23. The third-order valence-corrected chi connectivity index (χ3v) is 3.72. The predicted octanol–water partition coefficient (Wildman–Crippen LogP) is 5.65. The maximum Gasteiger partial charge on any atom is 0.0443 e. The van der Waals surface area contributed by atoms with Gasteiger partial charge in [0.25, 0.3) is 0 Å². The molecule has 0 atom stereocenters. The molecule has 0 fully saturated rings. The number of anilines is 2. The molecule has 20 heavy (non-hydrogen) atoms. The van der Waals surface area contributed by atoms with E-state index in [2.05, 4.69) is 83.3 Å². The highest BCUT2D eigenvalue weighted by Crippen LogP contribution is 2.31. The number of hydrogen-bond donors (Lipinski definition) is 1. The molecule has 2 aromatic rings. The Kier molecular flexibility index (Phi) is 3.89. The molecule has 0 aliphatic heterocycles. The minimum Gasteiger partial charge on any atom is -0.355 e. The quantitative estimate of drug-likeness (QED) is 0.741. The molecule has 1 nitrogen and oxygen atoms in total. The van der Waals surface area contributed by atoms with E-state index >= 15 is 0 Å². The van der Waals surface area contributed by atoms with Crippen molar-refractivity contribution in [3.8, 4) is 0 Å². The Morgan fingerprint density at radius 3 is 1.75 bits per heavy atom. The van der Waals surface area contributed by atoms with Crippen LogP contribution >= 0.6 is 0 Å². The Labute approximate surface area is 123 Å². The molecule has 106 valence electrons. The van der Waals surface area contributed by atoms with Gasteiger partial charge in [-0.3, -0.25) is 0 Å². The Bertz CT molecular complexity index is 578. The first-order chi connectivity index (χ1) is 9.27. The van der Waals surface area contributed by atoms with Gasteiger partial charge in [0.15, 0.2) is 0 Å². The summed E-state index contributed by atoms with van der Waals surface area (Å²) < 4.78 is 0. The van der Waals surface area contributed by atoms with Crippen LogP contribution in [0.25, 0.3) is 0 Å². The zero-order valence-corrected chi connectivity index (χ0v) is 13.5. The van der Waals surface area contributed by atoms with Crippen LogP contribution in [0.5, 0.6) is 0 Å². The maximum atomic E-state index is 3.55. The Balaban J connectivity index is 2.36. The van der Waals surface area contributed by atoms with Gasteiger partial charge in [0, 0.05) is 11.4 Å². The van der Waals surface area contributed by atoms with E-state index in [0.717, 1.165) is 5.69 Å². The largest absolute Gasteiger partial charge is 0.355 e. The lowest BCUT2D eigenvalue weighted by molar-refractivity contribution is 0.589. The topological polar surface area (TPSA) is 12.0 Å². The molecule has 0 amide bonds. The fourth-order valence-corrected chi connectivity index (χ4v) is 2.37. The van der Waals surface area contributed by atoms with Crippen molar-refractivity contribution < 1.29 is 0 Å². The minimum absolute atomic E-state index is 0.192. The van der Waals surface area contributed by atoms with Crippen LogP contribution in [-0.2, 0) is 5.41 Å². The lowest BCUT2D eigenvalue weighted by Crippen LogP contribution is -2.12. The fourth-order valence-electron chi connectivity index (χ4n) is 2.37. The van der Waals surface area contributed by atoms with Gasteiger partial charge in [-0.15, -0.1) is 0 Å². The molecule has 0 spiro atoms. The van der Waals surface area contributed by atoms with Crippen LogP contribution in [0.15, 0.2) is 36.4 Å². The lowest BCUT2D eigenvalue weighted by atomic mass is 9.85. The van der Waals surface area contributed by atoms with Gasteiger partial charge in [-0.05, 0) is 55.0 Å². The predicted molar refractivity (Wildman–Crippen MR) is 89.1 cm³/mol. The number of rotatable bonds is 2. The van der Waals surface area contributed by atoms with E-state index < -0.39 is 0 Å². The summed E-state index contributed by atoms with van der Waals surface area (Å²) in [6.45, 7) is 13.2. The van der Waals surface area contributed by atoms with Gasteiger partial charge in [0.05, 0.1) is 0 Å². The molecule has 0 unspecified atom stereocenters. The van der Waals surface area contributed by atoms with Crippen LogP contribution in [0.4, 0.5) is 11.4 Å². The number of aryl methyl sites for hydroxylation is 3. The van der Waals surface area contributed by atoms with Crippen molar-refractivity contribution in [3.05, 3.63) is 58.7 Å². The van der Waals surface area contributed by atoms with Gasteiger partial charge < -0.3 is 5.32 Å².